The maximum absolute atomic E-state index is 8.91. The summed E-state index contributed by atoms with van der Waals surface area (Å²) in [5.41, 5.74) is 0. The van der Waals surface area contributed by atoms with Crippen molar-refractivity contribution in [3.8, 4) is 0 Å². The molecule has 0 heterocycles. The molecule has 0 bridgehead atoms. The highest BCUT2D eigenvalue weighted by Gasteiger charge is 2.25. The van der Waals surface area contributed by atoms with Crippen LogP contribution in [-0.2, 0) is 0 Å². The van der Waals surface area contributed by atoms with Crippen LogP contribution in [0, 0.1) is 11.8 Å². The summed E-state index contributed by atoms with van der Waals surface area (Å²) in [5, 5.41) is 12.5. The van der Waals surface area contributed by atoms with Gasteiger partial charge in [0.2, 0.25) is 0 Å². The summed E-state index contributed by atoms with van der Waals surface area (Å²) < 4.78 is 0. The minimum Gasteiger partial charge on any atom is -0.396 e. The summed E-state index contributed by atoms with van der Waals surface area (Å²) >= 11 is 0. The van der Waals surface area contributed by atoms with Gasteiger partial charge in [0.15, 0.2) is 0 Å². The number of aliphatic hydroxyl groups is 1. The van der Waals surface area contributed by atoms with E-state index in [9.17, 15) is 0 Å². The standard InChI is InChI=1S/C12H25NO/c1-3-4-11(5-6-14)9-13-12-7-10(2)8-12/h10-14H,3-9H2,1-2H3. The van der Waals surface area contributed by atoms with Crippen molar-refractivity contribution in [3.63, 3.8) is 0 Å². The molecule has 2 nitrogen and oxygen atoms in total. The molecule has 1 rings (SSSR count). The second kappa shape index (κ2) is 6.41. The molecule has 1 saturated carbocycles. The van der Waals surface area contributed by atoms with Crippen LogP contribution in [0.15, 0.2) is 0 Å². The van der Waals surface area contributed by atoms with Crippen LogP contribution in [0.5, 0.6) is 0 Å². The second-order valence-corrected chi connectivity index (χ2v) is 4.85. The highest BCUT2D eigenvalue weighted by atomic mass is 16.3. The topological polar surface area (TPSA) is 32.3 Å². The van der Waals surface area contributed by atoms with Gasteiger partial charge in [0, 0.05) is 12.6 Å². The first-order valence-corrected chi connectivity index (χ1v) is 6.10. The Morgan fingerprint density at radius 1 is 1.36 bits per heavy atom. The predicted octanol–water partition coefficient (Wildman–Crippen LogP) is 2.17. The van der Waals surface area contributed by atoms with Crippen molar-refractivity contribution in [2.75, 3.05) is 13.2 Å². The smallest absolute Gasteiger partial charge is 0.0434 e. The average Bonchev–Trinajstić information content (AvgIpc) is 2.11. The summed E-state index contributed by atoms with van der Waals surface area (Å²) in [6.45, 7) is 5.98. The monoisotopic (exact) mass is 199 g/mol. The van der Waals surface area contributed by atoms with Crippen molar-refractivity contribution < 1.29 is 5.11 Å². The highest BCUT2D eigenvalue weighted by Crippen LogP contribution is 2.26. The van der Waals surface area contributed by atoms with Crippen molar-refractivity contribution in [3.05, 3.63) is 0 Å². The van der Waals surface area contributed by atoms with Gasteiger partial charge >= 0.3 is 0 Å². The Hall–Kier alpha value is -0.0800. The van der Waals surface area contributed by atoms with Gasteiger partial charge in [-0.05, 0) is 44.1 Å². The number of nitrogens with one attached hydrogen (secondary N) is 1. The molecule has 0 aromatic heterocycles. The maximum Gasteiger partial charge on any atom is 0.0434 e. The third-order valence-corrected chi connectivity index (χ3v) is 3.30. The number of hydrogen-bond donors (Lipinski definition) is 2. The molecule has 0 amide bonds. The van der Waals surface area contributed by atoms with Gasteiger partial charge in [-0.1, -0.05) is 20.3 Å². The Labute approximate surface area is 88.1 Å². The van der Waals surface area contributed by atoms with Crippen LogP contribution in [0.2, 0.25) is 0 Å². The molecule has 0 aromatic rings. The van der Waals surface area contributed by atoms with Gasteiger partial charge in [-0.25, -0.2) is 0 Å². The summed E-state index contributed by atoms with van der Waals surface area (Å²) in [6.07, 6.45) is 6.13. The zero-order valence-electron chi connectivity index (χ0n) is 9.63. The van der Waals surface area contributed by atoms with E-state index in [-0.39, 0.29) is 0 Å². The molecule has 1 aliphatic carbocycles. The Morgan fingerprint density at radius 3 is 2.57 bits per heavy atom. The molecular formula is C12H25NO. The zero-order chi connectivity index (χ0) is 10.4. The number of aliphatic hydroxyl groups excluding tert-OH is 1. The normalized spacial score (nSPS) is 28.5. The maximum atomic E-state index is 8.91. The van der Waals surface area contributed by atoms with Crippen molar-refractivity contribution in [2.45, 2.75) is 52.0 Å². The molecular weight excluding hydrogens is 174 g/mol. The van der Waals surface area contributed by atoms with Gasteiger partial charge in [-0.2, -0.15) is 0 Å². The number of hydrogen-bond acceptors (Lipinski definition) is 2. The fourth-order valence-electron chi connectivity index (χ4n) is 2.34. The summed E-state index contributed by atoms with van der Waals surface area (Å²) in [5.74, 6) is 1.61. The molecule has 1 unspecified atom stereocenters. The van der Waals surface area contributed by atoms with E-state index in [4.69, 9.17) is 5.11 Å². The van der Waals surface area contributed by atoms with E-state index in [1.807, 2.05) is 0 Å². The van der Waals surface area contributed by atoms with Crippen LogP contribution in [0.25, 0.3) is 0 Å². The van der Waals surface area contributed by atoms with Crippen molar-refractivity contribution in [2.24, 2.45) is 11.8 Å². The van der Waals surface area contributed by atoms with Crippen molar-refractivity contribution in [1.82, 2.24) is 5.32 Å². The van der Waals surface area contributed by atoms with Gasteiger partial charge < -0.3 is 10.4 Å². The molecule has 1 fully saturated rings. The van der Waals surface area contributed by atoms with Gasteiger partial charge in [-0.3, -0.25) is 0 Å². The minimum atomic E-state index is 0.341. The van der Waals surface area contributed by atoms with Crippen molar-refractivity contribution in [1.29, 1.82) is 0 Å². The minimum absolute atomic E-state index is 0.341. The van der Waals surface area contributed by atoms with Crippen LogP contribution < -0.4 is 5.32 Å². The van der Waals surface area contributed by atoms with E-state index in [1.165, 1.54) is 25.7 Å². The van der Waals surface area contributed by atoms with E-state index in [0.717, 1.165) is 24.9 Å². The van der Waals surface area contributed by atoms with Gasteiger partial charge in [-0.15, -0.1) is 0 Å². The van der Waals surface area contributed by atoms with Crippen LogP contribution in [0.1, 0.15) is 46.0 Å². The van der Waals surface area contributed by atoms with Crippen LogP contribution in [0.4, 0.5) is 0 Å². The molecule has 2 heteroatoms. The molecule has 0 aromatic carbocycles. The predicted molar refractivity (Wildman–Crippen MR) is 60.3 cm³/mol. The Kier molecular flexibility index (Phi) is 5.49. The van der Waals surface area contributed by atoms with Gasteiger partial charge in [0.25, 0.3) is 0 Å². The first-order chi connectivity index (χ1) is 6.76. The lowest BCUT2D eigenvalue weighted by Crippen LogP contribution is -2.42. The van der Waals surface area contributed by atoms with Crippen molar-refractivity contribution >= 4 is 0 Å². The van der Waals surface area contributed by atoms with E-state index >= 15 is 0 Å². The Morgan fingerprint density at radius 2 is 2.07 bits per heavy atom. The third kappa shape index (κ3) is 3.97. The first kappa shape index (κ1) is 12.0. The molecule has 1 aliphatic rings. The highest BCUT2D eigenvalue weighted by molar-refractivity contribution is 4.82. The van der Waals surface area contributed by atoms with E-state index in [1.54, 1.807) is 0 Å². The molecule has 1 atom stereocenters. The van der Waals surface area contributed by atoms with E-state index in [0.29, 0.717) is 12.5 Å². The lowest BCUT2D eigenvalue weighted by atomic mass is 9.81. The van der Waals surface area contributed by atoms with Gasteiger partial charge in [0.1, 0.15) is 0 Å². The molecule has 0 spiro atoms. The van der Waals surface area contributed by atoms with Crippen LogP contribution in [-0.4, -0.2) is 24.3 Å². The Balaban J connectivity index is 2.06. The van der Waals surface area contributed by atoms with E-state index < -0.39 is 0 Å². The van der Waals surface area contributed by atoms with Crippen LogP contribution in [0.3, 0.4) is 0 Å². The van der Waals surface area contributed by atoms with E-state index in [2.05, 4.69) is 19.2 Å². The first-order valence-electron chi connectivity index (χ1n) is 6.10. The van der Waals surface area contributed by atoms with Crippen LogP contribution >= 0.6 is 0 Å². The zero-order valence-corrected chi connectivity index (χ0v) is 9.63. The second-order valence-electron chi connectivity index (χ2n) is 4.85. The Bertz CT molecular complexity index is 137. The fraction of sp³-hybridized carbons (Fsp3) is 1.00. The molecule has 2 N–H and O–H groups in total. The summed E-state index contributed by atoms with van der Waals surface area (Å²) in [4.78, 5) is 0. The molecule has 0 aliphatic heterocycles. The number of rotatable bonds is 7. The average molecular weight is 199 g/mol. The summed E-state index contributed by atoms with van der Waals surface area (Å²) in [6, 6.07) is 0.767. The largest absolute Gasteiger partial charge is 0.396 e. The summed E-state index contributed by atoms with van der Waals surface area (Å²) in [7, 11) is 0. The van der Waals surface area contributed by atoms with Gasteiger partial charge in [0.05, 0.1) is 0 Å². The lowest BCUT2D eigenvalue weighted by Gasteiger charge is -2.34. The molecule has 0 radical (unpaired) electrons. The quantitative estimate of drug-likeness (QED) is 0.658. The molecule has 14 heavy (non-hydrogen) atoms. The third-order valence-electron chi connectivity index (χ3n) is 3.30. The SMILES string of the molecule is CCCC(CCO)CNC1CC(C)C1. The molecule has 84 valence electrons. The lowest BCUT2D eigenvalue weighted by molar-refractivity contribution is 0.209. The molecule has 0 saturated heterocycles. The fourth-order valence-corrected chi connectivity index (χ4v) is 2.34.